The zero-order valence-corrected chi connectivity index (χ0v) is 14.9. The van der Waals surface area contributed by atoms with Crippen LogP contribution in [-0.2, 0) is 11.3 Å². The average molecular weight is 339 g/mol. The van der Waals surface area contributed by atoms with Gasteiger partial charge in [-0.2, -0.15) is 0 Å². The van der Waals surface area contributed by atoms with Crippen LogP contribution in [0.25, 0.3) is 0 Å². The Labute approximate surface area is 149 Å². The van der Waals surface area contributed by atoms with Crippen LogP contribution in [0.15, 0.2) is 48.7 Å². The van der Waals surface area contributed by atoms with E-state index < -0.39 is 0 Å². The Kier molecular flexibility index (Phi) is 5.66. The van der Waals surface area contributed by atoms with Crippen LogP contribution in [0.2, 0.25) is 0 Å². The smallest absolute Gasteiger partial charge is 0.231 e. The third-order valence-corrected chi connectivity index (χ3v) is 4.75. The van der Waals surface area contributed by atoms with Crippen molar-refractivity contribution < 1.29 is 9.53 Å². The highest BCUT2D eigenvalue weighted by Crippen LogP contribution is 2.23. The molecule has 5 nitrogen and oxygen atoms in total. The number of hydrogen-bond donors (Lipinski definition) is 0. The summed E-state index contributed by atoms with van der Waals surface area (Å²) in [5, 5.41) is 0. The van der Waals surface area contributed by atoms with Crippen molar-refractivity contribution in [2.45, 2.75) is 19.4 Å². The number of carbonyl (C=O) groups is 1. The summed E-state index contributed by atoms with van der Waals surface area (Å²) in [5.74, 6) is 0.741. The molecule has 1 atom stereocenters. The van der Waals surface area contributed by atoms with Gasteiger partial charge >= 0.3 is 0 Å². The number of rotatable bonds is 5. The fraction of sp³-hybridized carbons (Fsp3) is 0.400. The second kappa shape index (κ2) is 8.12. The first-order valence-electron chi connectivity index (χ1n) is 8.71. The lowest BCUT2D eigenvalue weighted by molar-refractivity contribution is -0.123. The summed E-state index contributed by atoms with van der Waals surface area (Å²) in [5.41, 5.74) is 2.09. The van der Waals surface area contributed by atoms with Gasteiger partial charge in [-0.25, -0.2) is 4.98 Å². The number of benzene rings is 1. The summed E-state index contributed by atoms with van der Waals surface area (Å²) in [6, 6.07) is 14.1. The van der Waals surface area contributed by atoms with Gasteiger partial charge in [0, 0.05) is 26.2 Å². The van der Waals surface area contributed by atoms with Gasteiger partial charge < -0.3 is 9.64 Å². The van der Waals surface area contributed by atoms with Crippen LogP contribution >= 0.6 is 0 Å². The Hall–Kier alpha value is -2.40. The van der Waals surface area contributed by atoms with Crippen molar-refractivity contribution in [3.8, 4) is 5.88 Å². The van der Waals surface area contributed by atoms with Gasteiger partial charge in [-0.1, -0.05) is 30.3 Å². The molecule has 0 saturated carbocycles. The van der Waals surface area contributed by atoms with Crippen LogP contribution in [-0.4, -0.2) is 43.0 Å². The minimum atomic E-state index is 0.0320. The van der Waals surface area contributed by atoms with E-state index in [2.05, 4.69) is 34.1 Å². The number of likely N-dealkylation sites (tertiary alicyclic amines) is 1. The van der Waals surface area contributed by atoms with Gasteiger partial charge in [-0.05, 0) is 31.0 Å². The van der Waals surface area contributed by atoms with E-state index in [1.54, 1.807) is 24.3 Å². The van der Waals surface area contributed by atoms with Crippen LogP contribution in [0.1, 0.15) is 18.4 Å². The molecule has 0 N–H and O–H groups in total. The third-order valence-electron chi connectivity index (χ3n) is 4.75. The van der Waals surface area contributed by atoms with Crippen LogP contribution in [0, 0.1) is 5.92 Å². The molecule has 1 aromatic heterocycles. The predicted molar refractivity (Wildman–Crippen MR) is 98.6 cm³/mol. The van der Waals surface area contributed by atoms with Crippen molar-refractivity contribution in [3.05, 3.63) is 54.2 Å². The molecule has 132 valence electrons. The van der Waals surface area contributed by atoms with Gasteiger partial charge in [0.1, 0.15) is 0 Å². The first kappa shape index (κ1) is 17.4. The van der Waals surface area contributed by atoms with Crippen molar-refractivity contribution in [3.63, 3.8) is 0 Å². The largest absolute Gasteiger partial charge is 0.481 e. The summed E-state index contributed by atoms with van der Waals surface area (Å²) in [7, 11) is 3.40. The first-order valence-corrected chi connectivity index (χ1v) is 8.71. The molecule has 0 aliphatic carbocycles. The minimum absolute atomic E-state index is 0.0320. The van der Waals surface area contributed by atoms with Crippen molar-refractivity contribution >= 4 is 11.6 Å². The molecular formula is C20H25N3O2. The molecule has 3 rings (SSSR count). The minimum Gasteiger partial charge on any atom is -0.481 e. The number of pyridine rings is 1. The second-order valence-corrected chi connectivity index (χ2v) is 6.52. The normalized spacial score (nSPS) is 17.9. The SMILES string of the molecule is COc1ccc(N(C)C(=O)C2CCCN(Cc3ccccc3)C2)cn1. The predicted octanol–water partition coefficient (Wildman–Crippen LogP) is 2.97. The lowest BCUT2D eigenvalue weighted by atomic mass is 9.96. The molecule has 1 unspecified atom stereocenters. The van der Waals surface area contributed by atoms with Gasteiger partial charge in [0.05, 0.1) is 24.9 Å². The molecule has 1 amide bonds. The Bertz CT molecular complexity index is 688. The highest BCUT2D eigenvalue weighted by atomic mass is 16.5. The Balaban J connectivity index is 1.62. The van der Waals surface area contributed by atoms with E-state index in [0.29, 0.717) is 5.88 Å². The van der Waals surface area contributed by atoms with Crippen molar-refractivity contribution in [2.75, 3.05) is 32.1 Å². The van der Waals surface area contributed by atoms with Crippen LogP contribution in [0.3, 0.4) is 0 Å². The molecule has 0 radical (unpaired) electrons. The Morgan fingerprint density at radius 2 is 2.08 bits per heavy atom. The van der Waals surface area contributed by atoms with E-state index in [1.807, 2.05) is 19.2 Å². The molecule has 1 aliphatic rings. The van der Waals surface area contributed by atoms with Crippen LogP contribution in [0.4, 0.5) is 5.69 Å². The molecule has 2 heterocycles. The zero-order chi connectivity index (χ0) is 17.6. The topological polar surface area (TPSA) is 45.7 Å². The lowest BCUT2D eigenvalue weighted by Gasteiger charge is -2.34. The number of methoxy groups -OCH3 is 1. The number of piperidine rings is 1. The molecule has 0 bridgehead atoms. The quantitative estimate of drug-likeness (QED) is 0.840. The number of ether oxygens (including phenoxy) is 1. The highest BCUT2D eigenvalue weighted by Gasteiger charge is 2.28. The fourth-order valence-corrected chi connectivity index (χ4v) is 3.34. The summed E-state index contributed by atoms with van der Waals surface area (Å²) in [6.45, 7) is 2.76. The summed E-state index contributed by atoms with van der Waals surface area (Å²) < 4.78 is 5.08. The van der Waals surface area contributed by atoms with Crippen molar-refractivity contribution in [1.82, 2.24) is 9.88 Å². The first-order chi connectivity index (χ1) is 12.2. The second-order valence-electron chi connectivity index (χ2n) is 6.52. The Morgan fingerprint density at radius 1 is 1.28 bits per heavy atom. The molecule has 2 aromatic rings. The van der Waals surface area contributed by atoms with E-state index >= 15 is 0 Å². The van der Waals surface area contributed by atoms with Crippen molar-refractivity contribution in [1.29, 1.82) is 0 Å². The summed E-state index contributed by atoms with van der Waals surface area (Å²) in [4.78, 5) is 21.2. The summed E-state index contributed by atoms with van der Waals surface area (Å²) >= 11 is 0. The number of amides is 1. The monoisotopic (exact) mass is 339 g/mol. The Morgan fingerprint density at radius 3 is 2.76 bits per heavy atom. The van der Waals surface area contributed by atoms with Gasteiger partial charge in [0.15, 0.2) is 0 Å². The molecule has 1 aromatic carbocycles. The van der Waals surface area contributed by atoms with E-state index in [0.717, 1.165) is 38.2 Å². The van der Waals surface area contributed by atoms with Crippen LogP contribution in [0.5, 0.6) is 5.88 Å². The van der Waals surface area contributed by atoms with Gasteiger partial charge in [-0.15, -0.1) is 0 Å². The fourth-order valence-electron chi connectivity index (χ4n) is 3.34. The number of anilines is 1. The molecule has 25 heavy (non-hydrogen) atoms. The van der Waals surface area contributed by atoms with E-state index in [-0.39, 0.29) is 11.8 Å². The summed E-state index contributed by atoms with van der Waals surface area (Å²) in [6.07, 6.45) is 3.68. The van der Waals surface area contributed by atoms with Crippen molar-refractivity contribution in [2.24, 2.45) is 5.92 Å². The molecule has 1 fully saturated rings. The molecular weight excluding hydrogens is 314 g/mol. The van der Waals surface area contributed by atoms with Gasteiger partial charge in [0.2, 0.25) is 11.8 Å². The molecule has 5 heteroatoms. The highest BCUT2D eigenvalue weighted by molar-refractivity contribution is 5.94. The maximum atomic E-state index is 12.9. The third kappa shape index (κ3) is 4.37. The number of aromatic nitrogens is 1. The van der Waals surface area contributed by atoms with Crippen LogP contribution < -0.4 is 9.64 Å². The maximum absolute atomic E-state index is 12.9. The van der Waals surface area contributed by atoms with E-state index in [1.165, 1.54) is 5.56 Å². The van der Waals surface area contributed by atoms with E-state index in [9.17, 15) is 4.79 Å². The zero-order valence-electron chi connectivity index (χ0n) is 14.9. The molecule has 1 saturated heterocycles. The maximum Gasteiger partial charge on any atom is 0.231 e. The number of nitrogens with zero attached hydrogens (tertiary/aromatic N) is 3. The molecule has 0 spiro atoms. The van der Waals surface area contributed by atoms with Gasteiger partial charge in [-0.3, -0.25) is 9.69 Å². The molecule has 1 aliphatic heterocycles. The average Bonchev–Trinajstić information content (AvgIpc) is 2.68. The van der Waals surface area contributed by atoms with Gasteiger partial charge in [0.25, 0.3) is 0 Å². The lowest BCUT2D eigenvalue weighted by Crippen LogP contribution is -2.43. The van der Waals surface area contributed by atoms with E-state index in [4.69, 9.17) is 4.74 Å². The standard InChI is InChI=1S/C20H25N3O2/c1-22(18-10-11-19(25-2)21-13-18)20(24)17-9-6-12-23(15-17)14-16-7-4-3-5-8-16/h3-5,7-8,10-11,13,17H,6,9,12,14-15H2,1-2H3. The number of carbonyl (C=O) groups excluding carboxylic acids is 1. The number of hydrogen-bond acceptors (Lipinski definition) is 4.